The number of carbonyl (C=O) groups is 1. The Kier molecular flexibility index (Phi) is 2.61. The predicted octanol–water partition coefficient (Wildman–Crippen LogP) is 3.10. The molecule has 2 heterocycles. The highest BCUT2D eigenvalue weighted by Gasteiger charge is 2.27. The van der Waals surface area contributed by atoms with Crippen molar-refractivity contribution < 1.29 is 4.79 Å². The first kappa shape index (κ1) is 12.2. The lowest BCUT2D eigenvalue weighted by atomic mass is 9.96. The molecule has 1 N–H and O–H groups in total. The van der Waals surface area contributed by atoms with Crippen LogP contribution < -0.4 is 5.32 Å². The van der Waals surface area contributed by atoms with Crippen LogP contribution in [0.4, 0.5) is 0 Å². The number of hydrogen-bond donors (Lipinski definition) is 1. The Labute approximate surface area is 123 Å². The standard InChI is InChI=1S/C18H16N2O/c1-12-10-14-8-5-9-15-17(14)20(12)16(11-19-18(15)21)13-6-3-2-4-7-13/h2-4,6-7,9-11H,5,8H2,1H3,(H,19,21). The number of rotatable bonds is 1. The van der Waals surface area contributed by atoms with Gasteiger partial charge in [0.05, 0.1) is 17.0 Å². The van der Waals surface area contributed by atoms with E-state index in [1.807, 2.05) is 24.4 Å². The number of carbonyl (C=O) groups excluding carboxylic acids is 1. The summed E-state index contributed by atoms with van der Waals surface area (Å²) in [5.74, 6) is -0.0127. The molecule has 0 radical (unpaired) electrons. The molecule has 3 heteroatoms. The average molecular weight is 276 g/mol. The van der Waals surface area contributed by atoms with Gasteiger partial charge >= 0.3 is 0 Å². The third kappa shape index (κ3) is 1.77. The molecular formula is C18H16N2O. The molecule has 2 aliphatic rings. The highest BCUT2D eigenvalue weighted by Crippen LogP contribution is 2.35. The van der Waals surface area contributed by atoms with Crippen molar-refractivity contribution in [1.82, 2.24) is 9.88 Å². The largest absolute Gasteiger partial charge is 0.326 e. The number of aromatic nitrogens is 1. The predicted molar refractivity (Wildman–Crippen MR) is 83.4 cm³/mol. The zero-order chi connectivity index (χ0) is 14.4. The molecule has 0 bridgehead atoms. The Morgan fingerprint density at radius 2 is 2.00 bits per heavy atom. The molecule has 1 amide bonds. The molecule has 104 valence electrons. The Morgan fingerprint density at radius 3 is 2.81 bits per heavy atom. The second kappa shape index (κ2) is 4.48. The molecule has 0 saturated carbocycles. The number of aryl methyl sites for hydroxylation is 2. The maximum atomic E-state index is 12.3. The minimum Gasteiger partial charge on any atom is -0.326 e. The molecule has 0 saturated heterocycles. The number of nitrogens with zero attached hydrogens (tertiary/aromatic N) is 1. The summed E-state index contributed by atoms with van der Waals surface area (Å²) < 4.78 is 2.20. The summed E-state index contributed by atoms with van der Waals surface area (Å²) in [4.78, 5) is 12.3. The Balaban J connectivity index is 2.01. The van der Waals surface area contributed by atoms with Crippen LogP contribution in [-0.2, 0) is 11.2 Å². The number of benzene rings is 1. The third-order valence-electron chi connectivity index (χ3n) is 4.18. The van der Waals surface area contributed by atoms with Crippen molar-refractivity contribution in [1.29, 1.82) is 0 Å². The van der Waals surface area contributed by atoms with Crippen LogP contribution >= 0.6 is 0 Å². The first-order chi connectivity index (χ1) is 10.3. The molecule has 1 aliphatic heterocycles. The lowest BCUT2D eigenvalue weighted by Crippen LogP contribution is -2.19. The van der Waals surface area contributed by atoms with Gasteiger partial charge in [-0.25, -0.2) is 0 Å². The SMILES string of the molecule is Cc1cc2c3n1C(c1ccccc1)=CNC(=O)C3=CCC2. The monoisotopic (exact) mass is 276 g/mol. The molecular weight excluding hydrogens is 260 g/mol. The molecule has 0 spiro atoms. The summed E-state index contributed by atoms with van der Waals surface area (Å²) in [7, 11) is 0. The van der Waals surface area contributed by atoms with Crippen molar-refractivity contribution in [3.8, 4) is 0 Å². The van der Waals surface area contributed by atoms with Crippen LogP contribution in [0.3, 0.4) is 0 Å². The number of amides is 1. The fraction of sp³-hybridized carbons (Fsp3) is 0.167. The van der Waals surface area contributed by atoms with Gasteiger partial charge in [-0.05, 0) is 37.0 Å². The van der Waals surface area contributed by atoms with E-state index in [1.165, 1.54) is 11.3 Å². The van der Waals surface area contributed by atoms with Gasteiger partial charge in [0.15, 0.2) is 0 Å². The van der Waals surface area contributed by atoms with E-state index in [1.54, 1.807) is 0 Å². The van der Waals surface area contributed by atoms with Gasteiger partial charge in [0, 0.05) is 11.9 Å². The van der Waals surface area contributed by atoms with E-state index in [9.17, 15) is 4.79 Å². The first-order valence-corrected chi connectivity index (χ1v) is 7.24. The minimum atomic E-state index is -0.0127. The van der Waals surface area contributed by atoms with E-state index < -0.39 is 0 Å². The summed E-state index contributed by atoms with van der Waals surface area (Å²) in [6, 6.07) is 12.4. The van der Waals surface area contributed by atoms with Gasteiger partial charge in [-0.15, -0.1) is 0 Å². The molecule has 1 aromatic carbocycles. The topological polar surface area (TPSA) is 34.0 Å². The van der Waals surface area contributed by atoms with E-state index in [4.69, 9.17) is 0 Å². The third-order valence-corrected chi connectivity index (χ3v) is 4.18. The second-order valence-electron chi connectivity index (χ2n) is 5.52. The van der Waals surface area contributed by atoms with Gasteiger partial charge in [-0.3, -0.25) is 4.79 Å². The van der Waals surface area contributed by atoms with Crippen LogP contribution in [-0.4, -0.2) is 10.5 Å². The van der Waals surface area contributed by atoms with Crippen molar-refractivity contribution >= 4 is 17.2 Å². The summed E-state index contributed by atoms with van der Waals surface area (Å²) in [5.41, 5.74) is 6.41. The zero-order valence-corrected chi connectivity index (χ0v) is 11.9. The highest BCUT2D eigenvalue weighted by molar-refractivity contribution is 6.21. The lowest BCUT2D eigenvalue weighted by Gasteiger charge is -2.17. The molecule has 0 unspecified atom stereocenters. The summed E-state index contributed by atoms with van der Waals surface area (Å²) in [6.45, 7) is 2.10. The smallest absolute Gasteiger partial charge is 0.257 e. The Bertz CT molecular complexity index is 794. The molecule has 0 fully saturated rings. The van der Waals surface area contributed by atoms with Crippen molar-refractivity contribution in [3.63, 3.8) is 0 Å². The zero-order valence-electron chi connectivity index (χ0n) is 11.9. The molecule has 2 aromatic rings. The molecule has 21 heavy (non-hydrogen) atoms. The molecule has 1 aliphatic carbocycles. The van der Waals surface area contributed by atoms with Crippen molar-refractivity contribution in [2.24, 2.45) is 0 Å². The number of allylic oxidation sites excluding steroid dienone is 1. The van der Waals surface area contributed by atoms with Crippen LogP contribution in [0.25, 0.3) is 11.3 Å². The van der Waals surface area contributed by atoms with Gasteiger partial charge in [-0.1, -0.05) is 36.4 Å². The van der Waals surface area contributed by atoms with E-state index >= 15 is 0 Å². The van der Waals surface area contributed by atoms with Crippen molar-refractivity contribution in [3.05, 3.63) is 71.2 Å². The Morgan fingerprint density at radius 1 is 1.19 bits per heavy atom. The lowest BCUT2D eigenvalue weighted by molar-refractivity contribution is -0.114. The minimum absolute atomic E-state index is 0.0127. The van der Waals surface area contributed by atoms with Crippen LogP contribution in [0.5, 0.6) is 0 Å². The fourth-order valence-electron chi connectivity index (χ4n) is 3.27. The maximum Gasteiger partial charge on any atom is 0.257 e. The normalized spacial score (nSPS) is 16.5. The summed E-state index contributed by atoms with van der Waals surface area (Å²) >= 11 is 0. The van der Waals surface area contributed by atoms with Crippen LogP contribution in [0, 0.1) is 6.92 Å². The second-order valence-corrected chi connectivity index (χ2v) is 5.52. The van der Waals surface area contributed by atoms with Gasteiger partial charge in [-0.2, -0.15) is 0 Å². The highest BCUT2D eigenvalue weighted by atomic mass is 16.1. The molecule has 3 nitrogen and oxygen atoms in total. The van der Waals surface area contributed by atoms with Gasteiger partial charge in [0.25, 0.3) is 5.91 Å². The average Bonchev–Trinajstić information content (AvgIpc) is 2.75. The summed E-state index contributed by atoms with van der Waals surface area (Å²) in [6.07, 6.45) is 5.81. The number of nitrogens with one attached hydrogen (secondary N) is 1. The Hall–Kier alpha value is -2.55. The van der Waals surface area contributed by atoms with Gasteiger partial charge in [0.2, 0.25) is 0 Å². The first-order valence-electron chi connectivity index (χ1n) is 7.24. The van der Waals surface area contributed by atoms with Gasteiger partial charge < -0.3 is 9.88 Å². The summed E-state index contributed by atoms with van der Waals surface area (Å²) in [5, 5.41) is 2.93. The van der Waals surface area contributed by atoms with E-state index in [2.05, 4.69) is 41.1 Å². The van der Waals surface area contributed by atoms with E-state index in [0.717, 1.165) is 35.4 Å². The van der Waals surface area contributed by atoms with E-state index in [-0.39, 0.29) is 5.91 Å². The van der Waals surface area contributed by atoms with Crippen LogP contribution in [0.15, 0.2) is 48.7 Å². The quantitative estimate of drug-likeness (QED) is 0.853. The van der Waals surface area contributed by atoms with Crippen LogP contribution in [0.1, 0.15) is 28.9 Å². The van der Waals surface area contributed by atoms with E-state index in [0.29, 0.717) is 0 Å². The molecule has 1 aromatic heterocycles. The maximum absolute atomic E-state index is 12.3. The number of hydrogen-bond acceptors (Lipinski definition) is 1. The fourth-order valence-corrected chi connectivity index (χ4v) is 3.27. The van der Waals surface area contributed by atoms with Crippen molar-refractivity contribution in [2.45, 2.75) is 19.8 Å². The molecule has 0 atom stereocenters. The van der Waals surface area contributed by atoms with Gasteiger partial charge in [0.1, 0.15) is 0 Å². The molecule has 4 rings (SSSR count). The van der Waals surface area contributed by atoms with Crippen LogP contribution in [0.2, 0.25) is 0 Å². The van der Waals surface area contributed by atoms with Crippen molar-refractivity contribution in [2.75, 3.05) is 0 Å².